The first kappa shape index (κ1) is 11.6. The van der Waals surface area contributed by atoms with Gasteiger partial charge in [0.05, 0.1) is 6.42 Å². The summed E-state index contributed by atoms with van der Waals surface area (Å²) in [4.78, 5) is 22.6. The predicted octanol–water partition coefficient (Wildman–Crippen LogP) is 1.16. The molecule has 1 aliphatic heterocycles. The fraction of sp³-hybridized carbons (Fsp3) is 0.333. The highest BCUT2D eigenvalue weighted by atomic mass is 16.5. The Morgan fingerprint density at radius 3 is 3.12 bits per heavy atom. The quantitative estimate of drug-likeness (QED) is 0.821. The van der Waals surface area contributed by atoms with Crippen LogP contribution in [0, 0.1) is 0 Å². The van der Waals surface area contributed by atoms with E-state index >= 15 is 0 Å². The summed E-state index contributed by atoms with van der Waals surface area (Å²) in [5.41, 5.74) is 2.41. The van der Waals surface area contributed by atoms with E-state index in [0.717, 1.165) is 11.3 Å². The van der Waals surface area contributed by atoms with Crippen molar-refractivity contribution in [2.24, 2.45) is 0 Å². The van der Waals surface area contributed by atoms with Crippen molar-refractivity contribution < 1.29 is 14.3 Å². The SMILES string of the molecule is CCOCC(=O)Nc1ccc2c(c1)CC(=O)N2. The molecular formula is C12H14N2O3. The van der Waals surface area contributed by atoms with Crippen molar-refractivity contribution in [1.82, 2.24) is 0 Å². The Labute approximate surface area is 99.2 Å². The molecule has 90 valence electrons. The van der Waals surface area contributed by atoms with Crippen molar-refractivity contribution >= 4 is 23.2 Å². The number of amides is 2. The van der Waals surface area contributed by atoms with Crippen LogP contribution in [0.2, 0.25) is 0 Å². The number of fused-ring (bicyclic) bond motifs is 1. The van der Waals surface area contributed by atoms with Gasteiger partial charge < -0.3 is 15.4 Å². The van der Waals surface area contributed by atoms with Gasteiger partial charge in [-0.15, -0.1) is 0 Å². The zero-order valence-electron chi connectivity index (χ0n) is 9.58. The lowest BCUT2D eigenvalue weighted by molar-refractivity contribution is -0.120. The van der Waals surface area contributed by atoms with Crippen molar-refractivity contribution in [1.29, 1.82) is 0 Å². The monoisotopic (exact) mass is 234 g/mol. The molecule has 0 spiro atoms. The van der Waals surface area contributed by atoms with E-state index < -0.39 is 0 Å². The van der Waals surface area contributed by atoms with Crippen LogP contribution in [0.15, 0.2) is 18.2 Å². The van der Waals surface area contributed by atoms with Crippen molar-refractivity contribution in [3.05, 3.63) is 23.8 Å². The van der Waals surface area contributed by atoms with Crippen molar-refractivity contribution in [3.8, 4) is 0 Å². The maximum atomic E-state index is 11.4. The fourth-order valence-electron chi connectivity index (χ4n) is 1.70. The highest BCUT2D eigenvalue weighted by molar-refractivity contribution is 6.00. The summed E-state index contributed by atoms with van der Waals surface area (Å²) in [6.45, 7) is 2.39. The third-order valence-electron chi connectivity index (χ3n) is 2.45. The second kappa shape index (κ2) is 4.97. The van der Waals surface area contributed by atoms with Gasteiger partial charge in [-0.3, -0.25) is 9.59 Å². The van der Waals surface area contributed by atoms with Gasteiger partial charge in [-0.05, 0) is 30.7 Å². The number of benzene rings is 1. The molecule has 2 N–H and O–H groups in total. The van der Waals surface area contributed by atoms with Gasteiger partial charge in [0.25, 0.3) is 0 Å². The lowest BCUT2D eigenvalue weighted by Crippen LogP contribution is -2.18. The Morgan fingerprint density at radius 2 is 2.35 bits per heavy atom. The molecule has 1 heterocycles. The second-order valence-corrected chi connectivity index (χ2v) is 3.78. The summed E-state index contributed by atoms with van der Waals surface area (Å²) in [7, 11) is 0. The Balaban J connectivity index is 2.01. The number of ether oxygens (including phenoxy) is 1. The maximum absolute atomic E-state index is 11.4. The molecule has 0 fully saturated rings. The van der Waals surface area contributed by atoms with Gasteiger partial charge in [-0.2, -0.15) is 0 Å². The predicted molar refractivity (Wildman–Crippen MR) is 63.9 cm³/mol. The number of hydrogen-bond donors (Lipinski definition) is 2. The molecule has 0 atom stereocenters. The van der Waals surface area contributed by atoms with Gasteiger partial charge in [0.15, 0.2) is 0 Å². The molecule has 17 heavy (non-hydrogen) atoms. The van der Waals surface area contributed by atoms with Gasteiger partial charge in [-0.25, -0.2) is 0 Å². The van der Waals surface area contributed by atoms with Crippen LogP contribution in [0.3, 0.4) is 0 Å². The molecular weight excluding hydrogens is 220 g/mol. The van der Waals surface area contributed by atoms with E-state index in [1.807, 2.05) is 6.92 Å². The lowest BCUT2D eigenvalue weighted by Gasteiger charge is -2.06. The molecule has 0 radical (unpaired) electrons. The summed E-state index contributed by atoms with van der Waals surface area (Å²) in [5.74, 6) is -0.207. The number of carbonyl (C=O) groups excluding carboxylic acids is 2. The summed E-state index contributed by atoms with van der Waals surface area (Å²) in [6, 6.07) is 5.35. The summed E-state index contributed by atoms with van der Waals surface area (Å²) < 4.78 is 5.00. The van der Waals surface area contributed by atoms with Crippen LogP contribution in [0.1, 0.15) is 12.5 Å². The summed E-state index contributed by atoms with van der Waals surface area (Å²) in [5, 5.41) is 5.45. The van der Waals surface area contributed by atoms with Crippen molar-refractivity contribution in [2.75, 3.05) is 23.8 Å². The van der Waals surface area contributed by atoms with Crippen LogP contribution in [-0.2, 0) is 20.7 Å². The van der Waals surface area contributed by atoms with Crippen LogP contribution in [-0.4, -0.2) is 25.0 Å². The zero-order valence-corrected chi connectivity index (χ0v) is 9.58. The average Bonchev–Trinajstić information content (AvgIpc) is 2.65. The second-order valence-electron chi connectivity index (χ2n) is 3.78. The molecule has 1 aromatic carbocycles. The number of carbonyl (C=O) groups is 2. The van der Waals surface area contributed by atoms with E-state index in [1.54, 1.807) is 18.2 Å². The minimum Gasteiger partial charge on any atom is -0.372 e. The standard InChI is InChI=1S/C12H14N2O3/c1-2-17-7-12(16)13-9-3-4-10-8(5-9)6-11(15)14-10/h3-5H,2,6-7H2,1H3,(H,13,16)(H,14,15). The minimum atomic E-state index is -0.191. The van der Waals surface area contributed by atoms with E-state index in [-0.39, 0.29) is 18.4 Å². The topological polar surface area (TPSA) is 67.4 Å². The van der Waals surface area contributed by atoms with E-state index in [0.29, 0.717) is 18.7 Å². The molecule has 5 heteroatoms. The van der Waals surface area contributed by atoms with Crippen molar-refractivity contribution in [2.45, 2.75) is 13.3 Å². The zero-order chi connectivity index (χ0) is 12.3. The highest BCUT2D eigenvalue weighted by Crippen LogP contribution is 2.25. The third-order valence-corrected chi connectivity index (χ3v) is 2.45. The van der Waals surface area contributed by atoms with Crippen LogP contribution in [0.5, 0.6) is 0 Å². The molecule has 0 aliphatic carbocycles. The van der Waals surface area contributed by atoms with Crippen LogP contribution >= 0.6 is 0 Å². The third kappa shape index (κ3) is 2.82. The molecule has 1 aliphatic rings. The first-order valence-corrected chi connectivity index (χ1v) is 5.49. The Bertz CT molecular complexity index is 457. The number of hydrogen-bond acceptors (Lipinski definition) is 3. The van der Waals surface area contributed by atoms with Crippen molar-refractivity contribution in [3.63, 3.8) is 0 Å². The maximum Gasteiger partial charge on any atom is 0.250 e. The van der Waals surface area contributed by atoms with Crippen LogP contribution in [0.4, 0.5) is 11.4 Å². The van der Waals surface area contributed by atoms with Gasteiger partial charge in [-0.1, -0.05) is 0 Å². The summed E-state index contributed by atoms with van der Waals surface area (Å²) in [6.07, 6.45) is 0.366. The smallest absolute Gasteiger partial charge is 0.250 e. The minimum absolute atomic E-state index is 0.0159. The molecule has 0 saturated heterocycles. The first-order chi connectivity index (χ1) is 8.19. The molecule has 5 nitrogen and oxygen atoms in total. The van der Waals surface area contributed by atoms with E-state index in [4.69, 9.17) is 4.74 Å². The lowest BCUT2D eigenvalue weighted by atomic mass is 10.1. The van der Waals surface area contributed by atoms with Gasteiger partial charge in [0.2, 0.25) is 11.8 Å². The Morgan fingerprint density at radius 1 is 1.53 bits per heavy atom. The molecule has 0 saturated carbocycles. The molecule has 0 aromatic heterocycles. The normalized spacial score (nSPS) is 13.1. The average molecular weight is 234 g/mol. The summed E-state index contributed by atoms with van der Waals surface area (Å²) >= 11 is 0. The van der Waals surface area contributed by atoms with E-state index in [1.165, 1.54) is 0 Å². The Kier molecular flexibility index (Phi) is 3.39. The molecule has 2 rings (SSSR count). The number of anilines is 2. The molecule has 0 bridgehead atoms. The fourth-order valence-corrected chi connectivity index (χ4v) is 1.70. The van der Waals surface area contributed by atoms with Crippen LogP contribution in [0.25, 0.3) is 0 Å². The molecule has 2 amide bonds. The Hall–Kier alpha value is -1.88. The number of rotatable bonds is 4. The number of nitrogens with one attached hydrogen (secondary N) is 2. The van der Waals surface area contributed by atoms with Crippen LogP contribution < -0.4 is 10.6 Å². The van der Waals surface area contributed by atoms with Gasteiger partial charge in [0.1, 0.15) is 6.61 Å². The molecule has 0 unspecified atom stereocenters. The van der Waals surface area contributed by atoms with Gasteiger partial charge >= 0.3 is 0 Å². The largest absolute Gasteiger partial charge is 0.372 e. The van der Waals surface area contributed by atoms with Gasteiger partial charge in [0, 0.05) is 18.0 Å². The van der Waals surface area contributed by atoms with E-state index in [9.17, 15) is 9.59 Å². The molecule has 1 aromatic rings. The highest BCUT2D eigenvalue weighted by Gasteiger charge is 2.17. The first-order valence-electron chi connectivity index (χ1n) is 5.49. The van der Waals surface area contributed by atoms with E-state index in [2.05, 4.69) is 10.6 Å².